The summed E-state index contributed by atoms with van der Waals surface area (Å²) in [5.41, 5.74) is 7.45. The van der Waals surface area contributed by atoms with Crippen molar-refractivity contribution < 1.29 is 0 Å². The standard InChI is InChI=1S/C14H19N5/c15-9-12-8-11(6-7-16-12)14-17-13(18-19-14)10-4-2-1-3-5-10/h6-8,10H,1-5,9,15H2,(H,17,18,19). The van der Waals surface area contributed by atoms with Crippen molar-refractivity contribution in [3.05, 3.63) is 29.8 Å². The second-order valence-corrected chi connectivity index (χ2v) is 5.12. The van der Waals surface area contributed by atoms with E-state index >= 15 is 0 Å². The lowest BCUT2D eigenvalue weighted by atomic mass is 9.89. The zero-order chi connectivity index (χ0) is 13.1. The van der Waals surface area contributed by atoms with Crippen LogP contribution in [-0.2, 0) is 6.54 Å². The Hall–Kier alpha value is -1.75. The molecule has 2 aromatic rings. The van der Waals surface area contributed by atoms with Crippen molar-refractivity contribution in [1.82, 2.24) is 20.2 Å². The molecule has 0 unspecified atom stereocenters. The summed E-state index contributed by atoms with van der Waals surface area (Å²) in [4.78, 5) is 8.83. The third-order valence-corrected chi connectivity index (χ3v) is 3.78. The Morgan fingerprint density at radius 2 is 2.11 bits per heavy atom. The van der Waals surface area contributed by atoms with Crippen LogP contribution in [0.5, 0.6) is 0 Å². The van der Waals surface area contributed by atoms with E-state index in [9.17, 15) is 0 Å². The molecule has 2 aromatic heterocycles. The molecule has 0 amide bonds. The van der Waals surface area contributed by atoms with Crippen LogP contribution in [0.1, 0.15) is 49.5 Å². The van der Waals surface area contributed by atoms with Gasteiger partial charge in [-0.05, 0) is 25.0 Å². The number of aromatic nitrogens is 4. The van der Waals surface area contributed by atoms with Gasteiger partial charge in [-0.3, -0.25) is 10.1 Å². The summed E-state index contributed by atoms with van der Waals surface area (Å²) >= 11 is 0. The normalized spacial score (nSPS) is 16.7. The van der Waals surface area contributed by atoms with Gasteiger partial charge < -0.3 is 5.73 Å². The van der Waals surface area contributed by atoms with Crippen LogP contribution in [0.3, 0.4) is 0 Å². The first kappa shape index (κ1) is 12.3. The van der Waals surface area contributed by atoms with Crippen molar-refractivity contribution in [2.45, 2.75) is 44.6 Å². The predicted molar refractivity (Wildman–Crippen MR) is 73.3 cm³/mol. The van der Waals surface area contributed by atoms with Gasteiger partial charge in [-0.15, -0.1) is 0 Å². The van der Waals surface area contributed by atoms with Crippen molar-refractivity contribution in [3.63, 3.8) is 0 Å². The molecule has 0 radical (unpaired) electrons. The molecule has 0 atom stereocenters. The highest BCUT2D eigenvalue weighted by Crippen LogP contribution is 2.31. The van der Waals surface area contributed by atoms with Crippen molar-refractivity contribution in [1.29, 1.82) is 0 Å². The number of H-pyrrole nitrogens is 1. The van der Waals surface area contributed by atoms with Gasteiger partial charge in [0.2, 0.25) is 0 Å². The van der Waals surface area contributed by atoms with E-state index in [1.807, 2.05) is 12.1 Å². The quantitative estimate of drug-likeness (QED) is 0.884. The molecule has 3 rings (SSSR count). The molecular weight excluding hydrogens is 238 g/mol. The fraction of sp³-hybridized carbons (Fsp3) is 0.500. The van der Waals surface area contributed by atoms with E-state index in [0.717, 1.165) is 22.9 Å². The van der Waals surface area contributed by atoms with E-state index in [4.69, 9.17) is 5.73 Å². The number of rotatable bonds is 3. The van der Waals surface area contributed by atoms with Crippen molar-refractivity contribution in [3.8, 4) is 11.4 Å². The molecule has 0 bridgehead atoms. The molecule has 2 heterocycles. The second-order valence-electron chi connectivity index (χ2n) is 5.12. The van der Waals surface area contributed by atoms with Gasteiger partial charge in [-0.1, -0.05) is 19.3 Å². The molecule has 0 spiro atoms. The van der Waals surface area contributed by atoms with Gasteiger partial charge in [0.1, 0.15) is 5.82 Å². The predicted octanol–water partition coefficient (Wildman–Crippen LogP) is 2.37. The topological polar surface area (TPSA) is 80.5 Å². The minimum atomic E-state index is 0.438. The molecule has 3 N–H and O–H groups in total. The number of nitrogens with two attached hydrogens (primary N) is 1. The zero-order valence-corrected chi connectivity index (χ0v) is 11.0. The van der Waals surface area contributed by atoms with Gasteiger partial charge in [0.15, 0.2) is 5.82 Å². The van der Waals surface area contributed by atoms with Gasteiger partial charge in [0.05, 0.1) is 5.69 Å². The fourth-order valence-corrected chi connectivity index (χ4v) is 2.69. The van der Waals surface area contributed by atoms with Crippen molar-refractivity contribution >= 4 is 0 Å². The van der Waals surface area contributed by atoms with E-state index < -0.39 is 0 Å². The number of nitrogens with zero attached hydrogens (tertiary/aromatic N) is 3. The molecule has 19 heavy (non-hydrogen) atoms. The van der Waals surface area contributed by atoms with E-state index in [1.54, 1.807) is 6.20 Å². The summed E-state index contributed by atoms with van der Waals surface area (Å²) in [6.07, 6.45) is 8.15. The smallest absolute Gasteiger partial charge is 0.181 e. The Morgan fingerprint density at radius 3 is 2.89 bits per heavy atom. The minimum absolute atomic E-state index is 0.438. The maximum absolute atomic E-state index is 5.61. The summed E-state index contributed by atoms with van der Waals surface area (Å²) < 4.78 is 0. The molecule has 5 nitrogen and oxygen atoms in total. The van der Waals surface area contributed by atoms with E-state index in [0.29, 0.717) is 12.5 Å². The van der Waals surface area contributed by atoms with Crippen LogP contribution in [0.25, 0.3) is 11.4 Å². The molecule has 0 saturated heterocycles. The van der Waals surface area contributed by atoms with Crippen LogP contribution in [-0.4, -0.2) is 20.2 Å². The van der Waals surface area contributed by atoms with Gasteiger partial charge in [0, 0.05) is 24.2 Å². The Morgan fingerprint density at radius 1 is 1.26 bits per heavy atom. The average Bonchev–Trinajstić information content (AvgIpc) is 2.98. The first-order valence-electron chi connectivity index (χ1n) is 6.94. The Labute approximate surface area is 112 Å². The highest BCUT2D eigenvalue weighted by Gasteiger charge is 2.19. The highest BCUT2D eigenvalue weighted by atomic mass is 15.2. The Balaban J connectivity index is 1.83. The van der Waals surface area contributed by atoms with Crippen LogP contribution < -0.4 is 5.73 Å². The largest absolute Gasteiger partial charge is 0.325 e. The van der Waals surface area contributed by atoms with Crippen LogP contribution in [0.15, 0.2) is 18.3 Å². The molecular formula is C14H19N5. The molecule has 1 fully saturated rings. The molecule has 5 heteroatoms. The summed E-state index contributed by atoms with van der Waals surface area (Å²) in [6, 6.07) is 3.88. The van der Waals surface area contributed by atoms with E-state index in [2.05, 4.69) is 20.2 Å². The average molecular weight is 257 g/mol. The monoisotopic (exact) mass is 257 g/mol. The molecule has 1 aliphatic rings. The minimum Gasteiger partial charge on any atom is -0.325 e. The number of hydrogen-bond acceptors (Lipinski definition) is 4. The van der Waals surface area contributed by atoms with Gasteiger partial charge in [-0.25, -0.2) is 4.98 Å². The lowest BCUT2D eigenvalue weighted by Gasteiger charge is -2.18. The van der Waals surface area contributed by atoms with Crippen LogP contribution in [0.4, 0.5) is 0 Å². The van der Waals surface area contributed by atoms with Crippen LogP contribution in [0.2, 0.25) is 0 Å². The highest BCUT2D eigenvalue weighted by molar-refractivity contribution is 5.54. The number of nitrogens with one attached hydrogen (secondary N) is 1. The van der Waals surface area contributed by atoms with Gasteiger partial charge in [-0.2, -0.15) is 5.10 Å². The fourth-order valence-electron chi connectivity index (χ4n) is 2.69. The first-order valence-corrected chi connectivity index (χ1v) is 6.94. The van der Waals surface area contributed by atoms with Crippen molar-refractivity contribution in [2.75, 3.05) is 0 Å². The Kier molecular flexibility index (Phi) is 3.55. The van der Waals surface area contributed by atoms with Gasteiger partial charge >= 0.3 is 0 Å². The van der Waals surface area contributed by atoms with Gasteiger partial charge in [0.25, 0.3) is 0 Å². The summed E-state index contributed by atoms with van der Waals surface area (Å²) in [5, 5.41) is 7.43. The lowest BCUT2D eigenvalue weighted by Crippen LogP contribution is -2.06. The van der Waals surface area contributed by atoms with E-state index in [-0.39, 0.29) is 0 Å². The maximum atomic E-state index is 5.61. The molecule has 0 aromatic carbocycles. The van der Waals surface area contributed by atoms with Crippen molar-refractivity contribution in [2.24, 2.45) is 5.73 Å². The number of hydrogen-bond donors (Lipinski definition) is 2. The van der Waals surface area contributed by atoms with E-state index in [1.165, 1.54) is 32.1 Å². The van der Waals surface area contributed by atoms with Crippen LogP contribution in [0, 0.1) is 0 Å². The Bertz CT molecular complexity index is 542. The second kappa shape index (κ2) is 5.48. The van der Waals surface area contributed by atoms with Crippen LogP contribution >= 0.6 is 0 Å². The third-order valence-electron chi connectivity index (χ3n) is 3.78. The molecule has 0 aliphatic heterocycles. The molecule has 1 saturated carbocycles. The summed E-state index contributed by atoms with van der Waals surface area (Å²) in [6.45, 7) is 0.438. The number of aromatic amines is 1. The number of pyridine rings is 1. The summed E-state index contributed by atoms with van der Waals surface area (Å²) in [7, 11) is 0. The SMILES string of the molecule is NCc1cc(-c2n[nH]c(C3CCCCC3)n2)ccn1. The zero-order valence-electron chi connectivity index (χ0n) is 11.0. The third kappa shape index (κ3) is 2.66. The molecule has 1 aliphatic carbocycles. The lowest BCUT2D eigenvalue weighted by molar-refractivity contribution is 0.429. The summed E-state index contributed by atoms with van der Waals surface area (Å²) in [5.74, 6) is 2.32. The maximum Gasteiger partial charge on any atom is 0.181 e. The first-order chi connectivity index (χ1) is 9.36. The molecule has 100 valence electrons.